The lowest BCUT2D eigenvalue weighted by atomic mass is 10.1. The van der Waals surface area contributed by atoms with E-state index in [1.165, 1.54) is 6.92 Å². The minimum Gasteiger partial charge on any atom is -0.490 e. The Labute approximate surface area is 133 Å². The SMILES string of the molecule is CC(=O)c1ccc(C)cc1OCCOc1ccc(Br)cc1. The lowest BCUT2D eigenvalue weighted by molar-refractivity contribution is 0.101. The van der Waals surface area contributed by atoms with Gasteiger partial charge in [0.05, 0.1) is 5.56 Å². The van der Waals surface area contributed by atoms with Crippen molar-refractivity contribution in [1.82, 2.24) is 0 Å². The average Bonchev–Trinajstić information content (AvgIpc) is 2.45. The Morgan fingerprint density at radius 2 is 1.71 bits per heavy atom. The summed E-state index contributed by atoms with van der Waals surface area (Å²) < 4.78 is 12.3. The van der Waals surface area contributed by atoms with Gasteiger partial charge in [0.2, 0.25) is 0 Å². The summed E-state index contributed by atoms with van der Waals surface area (Å²) in [4.78, 5) is 11.5. The van der Waals surface area contributed by atoms with Crippen LogP contribution in [0.25, 0.3) is 0 Å². The number of hydrogen-bond donors (Lipinski definition) is 0. The van der Waals surface area contributed by atoms with Crippen LogP contribution >= 0.6 is 15.9 Å². The number of carbonyl (C=O) groups is 1. The highest BCUT2D eigenvalue weighted by molar-refractivity contribution is 9.10. The number of aryl methyl sites for hydroxylation is 1. The molecule has 0 heterocycles. The molecule has 3 nitrogen and oxygen atoms in total. The third-order valence-corrected chi connectivity index (χ3v) is 3.47. The number of carbonyl (C=O) groups excluding carboxylic acids is 1. The fourth-order valence-electron chi connectivity index (χ4n) is 1.88. The average molecular weight is 349 g/mol. The lowest BCUT2D eigenvalue weighted by Gasteiger charge is -2.11. The first-order chi connectivity index (χ1) is 10.1. The van der Waals surface area contributed by atoms with E-state index in [0.29, 0.717) is 24.5 Å². The first kappa shape index (κ1) is 15.6. The highest BCUT2D eigenvalue weighted by Crippen LogP contribution is 2.21. The Bertz CT molecular complexity index is 620. The maximum Gasteiger partial charge on any atom is 0.163 e. The van der Waals surface area contributed by atoms with Crippen LogP contribution in [0.1, 0.15) is 22.8 Å². The first-order valence-corrected chi connectivity index (χ1v) is 7.48. The van der Waals surface area contributed by atoms with E-state index in [9.17, 15) is 4.79 Å². The summed E-state index contributed by atoms with van der Waals surface area (Å²) in [5.74, 6) is 1.40. The Hall–Kier alpha value is -1.81. The lowest BCUT2D eigenvalue weighted by Crippen LogP contribution is -2.11. The molecule has 0 fully saturated rings. The van der Waals surface area contributed by atoms with Gasteiger partial charge in [-0.3, -0.25) is 4.79 Å². The summed E-state index contributed by atoms with van der Waals surface area (Å²) in [5, 5.41) is 0. The summed E-state index contributed by atoms with van der Waals surface area (Å²) in [7, 11) is 0. The summed E-state index contributed by atoms with van der Waals surface area (Å²) in [6.07, 6.45) is 0. The van der Waals surface area contributed by atoms with Crippen LogP contribution in [0.5, 0.6) is 11.5 Å². The van der Waals surface area contributed by atoms with Gasteiger partial charge in [0.15, 0.2) is 5.78 Å². The molecule has 2 rings (SSSR count). The van der Waals surface area contributed by atoms with Gasteiger partial charge in [-0.25, -0.2) is 0 Å². The Morgan fingerprint density at radius 1 is 1.05 bits per heavy atom. The van der Waals surface area contributed by atoms with Gasteiger partial charge >= 0.3 is 0 Å². The van der Waals surface area contributed by atoms with E-state index in [1.807, 2.05) is 43.3 Å². The first-order valence-electron chi connectivity index (χ1n) is 6.69. The number of ether oxygens (including phenoxy) is 2. The molecule has 21 heavy (non-hydrogen) atoms. The molecule has 0 bridgehead atoms. The number of halogens is 1. The smallest absolute Gasteiger partial charge is 0.163 e. The third kappa shape index (κ3) is 4.60. The molecule has 4 heteroatoms. The second-order valence-corrected chi connectivity index (χ2v) is 5.62. The standard InChI is InChI=1S/C17H17BrO3/c1-12-3-8-16(13(2)19)17(11-12)21-10-9-20-15-6-4-14(18)5-7-15/h3-8,11H,9-10H2,1-2H3. The molecule has 0 radical (unpaired) electrons. The van der Waals surface area contributed by atoms with E-state index in [2.05, 4.69) is 15.9 Å². The monoisotopic (exact) mass is 348 g/mol. The van der Waals surface area contributed by atoms with Gasteiger partial charge in [0.25, 0.3) is 0 Å². The predicted octanol–water partition coefficient (Wildman–Crippen LogP) is 4.42. The molecule has 0 saturated carbocycles. The molecule has 0 saturated heterocycles. The fourth-order valence-corrected chi connectivity index (χ4v) is 2.15. The van der Waals surface area contributed by atoms with Crippen molar-refractivity contribution in [2.45, 2.75) is 13.8 Å². The van der Waals surface area contributed by atoms with Crippen LogP contribution in [0.15, 0.2) is 46.9 Å². The van der Waals surface area contributed by atoms with Crippen LogP contribution in [0.4, 0.5) is 0 Å². The maximum atomic E-state index is 11.5. The van der Waals surface area contributed by atoms with Gasteiger partial charge in [-0.1, -0.05) is 22.0 Å². The fraction of sp³-hybridized carbons (Fsp3) is 0.235. The van der Waals surface area contributed by atoms with E-state index < -0.39 is 0 Å². The second-order valence-electron chi connectivity index (χ2n) is 4.71. The molecule has 0 N–H and O–H groups in total. The summed E-state index contributed by atoms with van der Waals surface area (Å²) in [5.41, 5.74) is 1.66. The molecule has 0 aliphatic rings. The van der Waals surface area contributed by atoms with Crippen LogP contribution in [-0.2, 0) is 0 Å². The quantitative estimate of drug-likeness (QED) is 0.572. The van der Waals surface area contributed by atoms with Crippen LogP contribution in [0, 0.1) is 6.92 Å². The molecule has 110 valence electrons. The highest BCUT2D eigenvalue weighted by atomic mass is 79.9. The summed E-state index contributed by atoms with van der Waals surface area (Å²) in [6, 6.07) is 13.2. The molecule has 0 atom stereocenters. The highest BCUT2D eigenvalue weighted by Gasteiger charge is 2.08. The topological polar surface area (TPSA) is 35.5 Å². The van der Waals surface area contributed by atoms with Gasteiger partial charge in [0.1, 0.15) is 24.7 Å². The molecular weight excluding hydrogens is 332 g/mol. The molecule has 0 aliphatic heterocycles. The molecule has 0 unspecified atom stereocenters. The van der Waals surface area contributed by atoms with Gasteiger partial charge < -0.3 is 9.47 Å². The van der Waals surface area contributed by atoms with E-state index >= 15 is 0 Å². The molecular formula is C17H17BrO3. The summed E-state index contributed by atoms with van der Waals surface area (Å²) >= 11 is 3.37. The third-order valence-electron chi connectivity index (χ3n) is 2.94. The molecule has 2 aromatic rings. The Kier molecular flexibility index (Phi) is 5.39. The normalized spacial score (nSPS) is 10.2. The van der Waals surface area contributed by atoms with Crippen LogP contribution < -0.4 is 9.47 Å². The van der Waals surface area contributed by atoms with E-state index in [0.717, 1.165) is 15.8 Å². The van der Waals surface area contributed by atoms with Crippen molar-refractivity contribution < 1.29 is 14.3 Å². The molecule has 0 aromatic heterocycles. The van der Waals surface area contributed by atoms with Gasteiger partial charge in [-0.15, -0.1) is 0 Å². The van der Waals surface area contributed by atoms with E-state index in [4.69, 9.17) is 9.47 Å². The van der Waals surface area contributed by atoms with Crippen LogP contribution in [0.3, 0.4) is 0 Å². The molecule has 2 aromatic carbocycles. The predicted molar refractivity (Wildman–Crippen MR) is 86.3 cm³/mol. The van der Waals surface area contributed by atoms with E-state index in [-0.39, 0.29) is 5.78 Å². The zero-order valence-electron chi connectivity index (χ0n) is 12.1. The number of ketones is 1. The zero-order valence-corrected chi connectivity index (χ0v) is 13.6. The summed E-state index contributed by atoms with van der Waals surface area (Å²) in [6.45, 7) is 4.32. The Morgan fingerprint density at radius 3 is 2.38 bits per heavy atom. The van der Waals surface area contributed by atoms with Gasteiger partial charge in [0, 0.05) is 4.47 Å². The minimum absolute atomic E-state index is 0.00109. The zero-order chi connectivity index (χ0) is 15.2. The van der Waals surface area contributed by atoms with Gasteiger partial charge in [-0.05, 0) is 55.8 Å². The molecule has 0 spiro atoms. The van der Waals surface area contributed by atoms with Crippen molar-refractivity contribution in [3.63, 3.8) is 0 Å². The van der Waals surface area contributed by atoms with Crippen molar-refractivity contribution in [3.8, 4) is 11.5 Å². The number of benzene rings is 2. The maximum absolute atomic E-state index is 11.5. The van der Waals surface area contributed by atoms with Crippen LogP contribution in [-0.4, -0.2) is 19.0 Å². The minimum atomic E-state index is -0.00109. The second kappa shape index (κ2) is 7.27. The molecule has 0 aliphatic carbocycles. The van der Waals surface area contributed by atoms with Crippen LogP contribution in [0.2, 0.25) is 0 Å². The van der Waals surface area contributed by atoms with E-state index in [1.54, 1.807) is 6.07 Å². The number of rotatable bonds is 6. The van der Waals surface area contributed by atoms with Crippen molar-refractivity contribution in [3.05, 3.63) is 58.1 Å². The Balaban J connectivity index is 1.90. The van der Waals surface area contributed by atoms with Crippen molar-refractivity contribution >= 4 is 21.7 Å². The van der Waals surface area contributed by atoms with Gasteiger partial charge in [-0.2, -0.15) is 0 Å². The largest absolute Gasteiger partial charge is 0.490 e. The number of hydrogen-bond acceptors (Lipinski definition) is 3. The number of Topliss-reactive ketones (excluding diaryl/α,β-unsaturated/α-hetero) is 1. The van der Waals surface area contributed by atoms with Crippen molar-refractivity contribution in [1.29, 1.82) is 0 Å². The van der Waals surface area contributed by atoms with Crippen molar-refractivity contribution in [2.75, 3.05) is 13.2 Å². The molecule has 0 amide bonds. The van der Waals surface area contributed by atoms with Crippen molar-refractivity contribution in [2.24, 2.45) is 0 Å².